The number of nitrogens with two attached hydrogens (primary N) is 1. The van der Waals surface area contributed by atoms with Crippen LogP contribution in [0.2, 0.25) is 0 Å². The van der Waals surface area contributed by atoms with Crippen LogP contribution >= 0.6 is 0 Å². The van der Waals surface area contributed by atoms with E-state index in [1.807, 2.05) is 0 Å². The van der Waals surface area contributed by atoms with Crippen molar-refractivity contribution in [3.63, 3.8) is 0 Å². The average Bonchev–Trinajstić information content (AvgIpc) is 2.13. The molecule has 0 aliphatic carbocycles. The summed E-state index contributed by atoms with van der Waals surface area (Å²) >= 11 is 0. The fraction of sp³-hybridized carbons (Fsp3) is 0.600. The number of aromatic nitrogens is 2. The largest absolute Gasteiger partial charge is 0.451 e. The van der Waals surface area contributed by atoms with E-state index in [0.29, 0.717) is 6.42 Å². The summed E-state index contributed by atoms with van der Waals surface area (Å²) in [7, 11) is 0. The van der Waals surface area contributed by atoms with Crippen LogP contribution in [0.25, 0.3) is 0 Å². The molecule has 1 aromatic heterocycles. The SMILES string of the molecule is CC(C)(CCO)Nc1cc(N)nc(C(F)(F)F)n1. The predicted octanol–water partition coefficient (Wildman–Crippen LogP) is 1.65. The Labute approximate surface area is 102 Å². The minimum Gasteiger partial charge on any atom is -0.396 e. The first-order valence-corrected chi connectivity index (χ1v) is 5.25. The van der Waals surface area contributed by atoms with Gasteiger partial charge in [-0.2, -0.15) is 13.2 Å². The van der Waals surface area contributed by atoms with Gasteiger partial charge in [-0.05, 0) is 20.3 Å². The van der Waals surface area contributed by atoms with E-state index in [-0.39, 0.29) is 18.2 Å². The van der Waals surface area contributed by atoms with Gasteiger partial charge in [0.05, 0.1) is 0 Å². The zero-order valence-corrected chi connectivity index (χ0v) is 10.0. The number of hydrogen-bond donors (Lipinski definition) is 3. The Hall–Kier alpha value is -1.57. The van der Waals surface area contributed by atoms with E-state index in [0.717, 1.165) is 0 Å². The lowest BCUT2D eigenvalue weighted by Crippen LogP contribution is -2.32. The number of aliphatic hydroxyl groups excluding tert-OH is 1. The van der Waals surface area contributed by atoms with Crippen molar-refractivity contribution in [3.8, 4) is 0 Å². The van der Waals surface area contributed by atoms with Crippen molar-refractivity contribution in [3.05, 3.63) is 11.9 Å². The number of alkyl halides is 3. The molecule has 0 unspecified atom stereocenters. The van der Waals surface area contributed by atoms with Gasteiger partial charge in [-0.25, -0.2) is 9.97 Å². The molecular formula is C10H15F3N4O. The van der Waals surface area contributed by atoms with Crippen LogP contribution < -0.4 is 11.1 Å². The molecule has 4 N–H and O–H groups in total. The summed E-state index contributed by atoms with van der Waals surface area (Å²) in [6.45, 7) is 3.37. The van der Waals surface area contributed by atoms with Gasteiger partial charge < -0.3 is 16.2 Å². The lowest BCUT2D eigenvalue weighted by atomic mass is 10.0. The van der Waals surface area contributed by atoms with E-state index in [1.165, 1.54) is 6.07 Å². The van der Waals surface area contributed by atoms with Gasteiger partial charge in [0.25, 0.3) is 0 Å². The summed E-state index contributed by atoms with van der Waals surface area (Å²) in [6.07, 6.45) is -4.29. The molecule has 5 nitrogen and oxygen atoms in total. The lowest BCUT2D eigenvalue weighted by Gasteiger charge is -2.26. The number of nitrogens with zero attached hydrogens (tertiary/aromatic N) is 2. The minimum atomic E-state index is -4.65. The number of hydrogen-bond acceptors (Lipinski definition) is 5. The Morgan fingerprint density at radius 2 is 1.94 bits per heavy atom. The first-order chi connectivity index (χ1) is 8.14. The molecule has 1 rings (SSSR count). The molecule has 0 fully saturated rings. The van der Waals surface area contributed by atoms with Crippen molar-refractivity contribution in [2.75, 3.05) is 17.7 Å². The number of halogens is 3. The van der Waals surface area contributed by atoms with E-state index in [4.69, 9.17) is 10.8 Å². The van der Waals surface area contributed by atoms with Gasteiger partial charge in [-0.1, -0.05) is 0 Å². The zero-order valence-electron chi connectivity index (χ0n) is 10.0. The van der Waals surface area contributed by atoms with Crippen molar-refractivity contribution < 1.29 is 18.3 Å². The number of rotatable bonds is 4. The van der Waals surface area contributed by atoms with Gasteiger partial charge in [0.15, 0.2) is 0 Å². The summed E-state index contributed by atoms with van der Waals surface area (Å²) in [5.41, 5.74) is 4.71. The van der Waals surface area contributed by atoms with Crippen LogP contribution in [-0.4, -0.2) is 27.2 Å². The van der Waals surface area contributed by atoms with Gasteiger partial charge in [-0.15, -0.1) is 0 Å². The smallest absolute Gasteiger partial charge is 0.396 e. The molecule has 0 aliphatic rings. The van der Waals surface area contributed by atoms with Gasteiger partial charge in [0.1, 0.15) is 11.6 Å². The Kier molecular flexibility index (Phi) is 4.00. The third-order valence-electron chi connectivity index (χ3n) is 2.20. The van der Waals surface area contributed by atoms with Crippen LogP contribution in [0.3, 0.4) is 0 Å². The van der Waals surface area contributed by atoms with Crippen LogP contribution in [0.1, 0.15) is 26.1 Å². The van der Waals surface area contributed by atoms with Crippen LogP contribution in [0.15, 0.2) is 6.07 Å². The molecule has 102 valence electrons. The van der Waals surface area contributed by atoms with Crippen molar-refractivity contribution in [1.29, 1.82) is 0 Å². The summed E-state index contributed by atoms with van der Waals surface area (Å²) < 4.78 is 37.4. The van der Waals surface area contributed by atoms with Crippen LogP contribution in [0.5, 0.6) is 0 Å². The topological polar surface area (TPSA) is 84.1 Å². The molecule has 0 amide bonds. The van der Waals surface area contributed by atoms with Crippen LogP contribution in [-0.2, 0) is 6.18 Å². The molecular weight excluding hydrogens is 249 g/mol. The molecule has 0 saturated heterocycles. The second-order valence-electron chi connectivity index (χ2n) is 4.48. The quantitative estimate of drug-likeness (QED) is 0.770. The zero-order chi connectivity index (χ0) is 14.0. The highest BCUT2D eigenvalue weighted by Gasteiger charge is 2.35. The second-order valence-corrected chi connectivity index (χ2v) is 4.48. The van der Waals surface area contributed by atoms with Gasteiger partial charge in [0.2, 0.25) is 5.82 Å². The number of anilines is 2. The normalized spacial score (nSPS) is 12.6. The summed E-state index contributed by atoms with van der Waals surface area (Å²) in [5.74, 6) is -1.57. The standard InChI is InChI=1S/C10H15F3N4O/c1-9(2,3-4-18)17-7-5-6(14)15-8(16-7)10(11,12)13/h5,18H,3-4H2,1-2H3,(H3,14,15,16,17). The van der Waals surface area contributed by atoms with Gasteiger partial charge in [0, 0.05) is 18.2 Å². The first-order valence-electron chi connectivity index (χ1n) is 5.25. The molecule has 0 saturated carbocycles. The molecule has 0 radical (unpaired) electrons. The minimum absolute atomic E-state index is 0.0201. The highest BCUT2D eigenvalue weighted by molar-refractivity contribution is 5.46. The van der Waals surface area contributed by atoms with Crippen molar-refractivity contribution in [1.82, 2.24) is 9.97 Å². The monoisotopic (exact) mass is 264 g/mol. The van der Waals surface area contributed by atoms with Gasteiger partial charge in [-0.3, -0.25) is 0 Å². The first kappa shape index (κ1) is 14.5. The molecule has 0 aliphatic heterocycles. The summed E-state index contributed by atoms with van der Waals surface area (Å²) in [6, 6.07) is 1.22. The maximum atomic E-state index is 12.5. The Morgan fingerprint density at radius 3 is 2.44 bits per heavy atom. The summed E-state index contributed by atoms with van der Waals surface area (Å²) in [4.78, 5) is 6.50. The molecule has 0 aromatic carbocycles. The maximum absolute atomic E-state index is 12.5. The molecule has 0 bridgehead atoms. The Balaban J connectivity index is 3.00. The van der Waals surface area contributed by atoms with Crippen molar-refractivity contribution >= 4 is 11.6 Å². The molecule has 1 aromatic rings. The van der Waals surface area contributed by atoms with Crippen LogP contribution in [0, 0.1) is 0 Å². The Morgan fingerprint density at radius 1 is 1.33 bits per heavy atom. The number of nitrogens with one attached hydrogen (secondary N) is 1. The molecule has 0 spiro atoms. The highest BCUT2D eigenvalue weighted by atomic mass is 19.4. The van der Waals surface area contributed by atoms with Crippen molar-refractivity contribution in [2.24, 2.45) is 0 Å². The van der Waals surface area contributed by atoms with E-state index < -0.39 is 17.5 Å². The van der Waals surface area contributed by atoms with E-state index in [9.17, 15) is 13.2 Å². The third-order valence-corrected chi connectivity index (χ3v) is 2.20. The highest BCUT2D eigenvalue weighted by Crippen LogP contribution is 2.28. The maximum Gasteiger partial charge on any atom is 0.451 e. The molecule has 0 atom stereocenters. The predicted molar refractivity (Wildman–Crippen MR) is 60.9 cm³/mol. The second kappa shape index (κ2) is 4.97. The van der Waals surface area contributed by atoms with Crippen molar-refractivity contribution in [2.45, 2.75) is 32.0 Å². The lowest BCUT2D eigenvalue weighted by molar-refractivity contribution is -0.144. The van der Waals surface area contributed by atoms with E-state index in [1.54, 1.807) is 13.8 Å². The summed E-state index contributed by atoms with van der Waals surface area (Å²) in [5, 5.41) is 11.6. The number of aliphatic hydroxyl groups is 1. The third kappa shape index (κ3) is 4.02. The molecule has 1 heterocycles. The molecule has 18 heavy (non-hydrogen) atoms. The van der Waals surface area contributed by atoms with E-state index in [2.05, 4.69) is 15.3 Å². The average molecular weight is 264 g/mol. The molecule has 8 heteroatoms. The van der Waals surface area contributed by atoms with E-state index >= 15 is 0 Å². The fourth-order valence-corrected chi connectivity index (χ4v) is 1.35. The van der Waals surface area contributed by atoms with Gasteiger partial charge >= 0.3 is 6.18 Å². The van der Waals surface area contributed by atoms with Crippen LogP contribution in [0.4, 0.5) is 24.8 Å². The fourth-order valence-electron chi connectivity index (χ4n) is 1.35. The Bertz CT molecular complexity index is 420. The number of nitrogen functional groups attached to an aromatic ring is 1.